The Morgan fingerprint density at radius 2 is 2.10 bits per heavy atom. The number of aryl methyl sites for hydroxylation is 2. The average Bonchev–Trinajstić information content (AvgIpc) is 2.89. The monoisotopic (exact) mass is 291 g/mol. The maximum Gasteiger partial charge on any atom is 0.130 e. The lowest BCUT2D eigenvalue weighted by molar-refractivity contribution is 0.289. The van der Waals surface area contributed by atoms with E-state index in [1.54, 1.807) is 6.07 Å². The third kappa shape index (κ3) is 3.82. The Bertz CT molecular complexity index is 595. The van der Waals surface area contributed by atoms with Gasteiger partial charge in [-0.15, -0.1) is 0 Å². The summed E-state index contributed by atoms with van der Waals surface area (Å²) in [5, 5.41) is 4.49. The molecule has 1 aromatic heterocycles. The molecule has 2 N–H and O–H groups in total. The standard InChI is InChI=1S/C16H22FN3O/c1-3-14-10-15(20(4-2)19-14)11-21-16-6-5-13(17)9-12(16)7-8-18/h5-6,9-10H,3-4,7-8,11,18H2,1-2H3. The van der Waals surface area contributed by atoms with Crippen LogP contribution in [0.4, 0.5) is 4.39 Å². The van der Waals surface area contributed by atoms with Crippen molar-refractivity contribution in [1.82, 2.24) is 9.78 Å². The molecule has 0 fully saturated rings. The summed E-state index contributed by atoms with van der Waals surface area (Å²) >= 11 is 0. The Morgan fingerprint density at radius 1 is 1.29 bits per heavy atom. The number of hydrogen-bond acceptors (Lipinski definition) is 3. The van der Waals surface area contributed by atoms with Crippen LogP contribution in [0.15, 0.2) is 24.3 Å². The minimum Gasteiger partial charge on any atom is -0.487 e. The van der Waals surface area contributed by atoms with Gasteiger partial charge in [-0.05, 0) is 56.1 Å². The molecule has 5 heteroatoms. The molecule has 0 aliphatic rings. The largest absolute Gasteiger partial charge is 0.487 e. The molecule has 0 aliphatic heterocycles. The molecule has 0 saturated heterocycles. The molecule has 0 spiro atoms. The number of rotatable bonds is 7. The van der Waals surface area contributed by atoms with Crippen LogP contribution in [-0.4, -0.2) is 16.3 Å². The highest BCUT2D eigenvalue weighted by molar-refractivity contribution is 5.34. The van der Waals surface area contributed by atoms with Gasteiger partial charge in [0, 0.05) is 6.54 Å². The molecule has 0 atom stereocenters. The first-order chi connectivity index (χ1) is 10.2. The molecule has 114 valence electrons. The fourth-order valence-corrected chi connectivity index (χ4v) is 2.27. The molecular weight excluding hydrogens is 269 g/mol. The number of nitrogens with zero attached hydrogens (tertiary/aromatic N) is 2. The summed E-state index contributed by atoms with van der Waals surface area (Å²) in [6, 6.07) is 6.60. The van der Waals surface area contributed by atoms with E-state index in [0.29, 0.717) is 25.3 Å². The van der Waals surface area contributed by atoms with Gasteiger partial charge in [0.2, 0.25) is 0 Å². The van der Waals surface area contributed by atoms with Crippen molar-refractivity contribution >= 4 is 0 Å². The van der Waals surface area contributed by atoms with E-state index in [2.05, 4.69) is 18.1 Å². The molecule has 4 nitrogen and oxygen atoms in total. The van der Waals surface area contributed by atoms with Crippen molar-refractivity contribution in [3.63, 3.8) is 0 Å². The quantitative estimate of drug-likeness (QED) is 0.853. The SMILES string of the molecule is CCc1cc(COc2ccc(F)cc2CCN)n(CC)n1. The van der Waals surface area contributed by atoms with E-state index >= 15 is 0 Å². The molecule has 2 rings (SSSR count). The van der Waals surface area contributed by atoms with E-state index in [-0.39, 0.29) is 5.82 Å². The summed E-state index contributed by atoms with van der Waals surface area (Å²) in [6.07, 6.45) is 1.50. The van der Waals surface area contributed by atoms with E-state index in [9.17, 15) is 4.39 Å². The molecule has 0 radical (unpaired) electrons. The molecular formula is C16H22FN3O. The van der Waals surface area contributed by atoms with Crippen LogP contribution >= 0.6 is 0 Å². The lowest BCUT2D eigenvalue weighted by Gasteiger charge is -2.12. The second-order valence-electron chi connectivity index (χ2n) is 4.88. The first kappa shape index (κ1) is 15.5. The first-order valence-corrected chi connectivity index (χ1v) is 7.34. The summed E-state index contributed by atoms with van der Waals surface area (Å²) in [5.41, 5.74) is 8.44. The second-order valence-corrected chi connectivity index (χ2v) is 4.88. The van der Waals surface area contributed by atoms with Gasteiger partial charge in [0.25, 0.3) is 0 Å². The van der Waals surface area contributed by atoms with Crippen molar-refractivity contribution in [2.75, 3.05) is 6.54 Å². The number of ether oxygens (including phenoxy) is 1. The Morgan fingerprint density at radius 3 is 2.76 bits per heavy atom. The van der Waals surface area contributed by atoms with Crippen molar-refractivity contribution in [2.45, 2.75) is 39.8 Å². The van der Waals surface area contributed by atoms with Gasteiger partial charge in [-0.3, -0.25) is 4.68 Å². The van der Waals surface area contributed by atoms with E-state index in [0.717, 1.165) is 29.9 Å². The Labute approximate surface area is 124 Å². The number of nitrogens with two attached hydrogens (primary N) is 1. The highest BCUT2D eigenvalue weighted by Gasteiger charge is 2.09. The molecule has 1 heterocycles. The highest BCUT2D eigenvalue weighted by atomic mass is 19.1. The van der Waals surface area contributed by atoms with Crippen molar-refractivity contribution in [2.24, 2.45) is 5.73 Å². The van der Waals surface area contributed by atoms with E-state index in [1.807, 2.05) is 11.6 Å². The number of aromatic nitrogens is 2. The second kappa shape index (κ2) is 7.22. The van der Waals surface area contributed by atoms with Gasteiger partial charge in [-0.1, -0.05) is 6.92 Å². The maximum atomic E-state index is 13.3. The molecule has 0 saturated carbocycles. The first-order valence-electron chi connectivity index (χ1n) is 7.34. The summed E-state index contributed by atoms with van der Waals surface area (Å²) < 4.78 is 21.1. The Balaban J connectivity index is 2.14. The number of halogens is 1. The fraction of sp³-hybridized carbons (Fsp3) is 0.438. The van der Waals surface area contributed by atoms with E-state index in [1.165, 1.54) is 12.1 Å². The van der Waals surface area contributed by atoms with Crippen LogP contribution in [-0.2, 0) is 26.0 Å². The number of benzene rings is 1. The van der Waals surface area contributed by atoms with Gasteiger partial charge in [0.1, 0.15) is 18.2 Å². The summed E-state index contributed by atoms with van der Waals surface area (Å²) in [6.45, 7) is 5.81. The zero-order valence-corrected chi connectivity index (χ0v) is 12.6. The fourth-order valence-electron chi connectivity index (χ4n) is 2.27. The van der Waals surface area contributed by atoms with Gasteiger partial charge in [-0.2, -0.15) is 5.10 Å². The highest BCUT2D eigenvalue weighted by Crippen LogP contribution is 2.21. The van der Waals surface area contributed by atoms with Crippen molar-refractivity contribution in [3.05, 3.63) is 47.0 Å². The third-order valence-electron chi connectivity index (χ3n) is 3.39. The van der Waals surface area contributed by atoms with Crippen molar-refractivity contribution in [3.8, 4) is 5.75 Å². The molecule has 0 unspecified atom stereocenters. The predicted octanol–water partition coefficient (Wildman–Crippen LogP) is 2.68. The van der Waals surface area contributed by atoms with E-state index in [4.69, 9.17) is 10.5 Å². The van der Waals surface area contributed by atoms with Gasteiger partial charge < -0.3 is 10.5 Å². The molecule has 0 aliphatic carbocycles. The van der Waals surface area contributed by atoms with Crippen LogP contribution in [0.1, 0.15) is 30.8 Å². The van der Waals surface area contributed by atoms with Crippen LogP contribution in [0.2, 0.25) is 0 Å². The molecule has 21 heavy (non-hydrogen) atoms. The van der Waals surface area contributed by atoms with Crippen LogP contribution in [0.3, 0.4) is 0 Å². The molecule has 1 aromatic carbocycles. The topological polar surface area (TPSA) is 53.1 Å². The van der Waals surface area contributed by atoms with Crippen LogP contribution in [0.5, 0.6) is 5.75 Å². The number of hydrogen-bond donors (Lipinski definition) is 1. The normalized spacial score (nSPS) is 10.9. The van der Waals surface area contributed by atoms with Gasteiger partial charge >= 0.3 is 0 Å². The van der Waals surface area contributed by atoms with Crippen molar-refractivity contribution in [1.29, 1.82) is 0 Å². The van der Waals surface area contributed by atoms with Crippen LogP contribution < -0.4 is 10.5 Å². The lowest BCUT2D eigenvalue weighted by Crippen LogP contribution is -2.09. The van der Waals surface area contributed by atoms with Gasteiger partial charge in [0.15, 0.2) is 0 Å². The minimum absolute atomic E-state index is 0.266. The smallest absolute Gasteiger partial charge is 0.130 e. The summed E-state index contributed by atoms with van der Waals surface area (Å²) in [7, 11) is 0. The Hall–Kier alpha value is -1.88. The Kier molecular flexibility index (Phi) is 5.33. The summed E-state index contributed by atoms with van der Waals surface area (Å²) in [4.78, 5) is 0. The zero-order valence-electron chi connectivity index (χ0n) is 12.6. The summed E-state index contributed by atoms with van der Waals surface area (Å²) in [5.74, 6) is 0.418. The average molecular weight is 291 g/mol. The van der Waals surface area contributed by atoms with E-state index < -0.39 is 0 Å². The van der Waals surface area contributed by atoms with Crippen LogP contribution in [0, 0.1) is 5.82 Å². The molecule has 2 aromatic rings. The van der Waals surface area contributed by atoms with Crippen molar-refractivity contribution < 1.29 is 9.13 Å². The predicted molar refractivity (Wildman–Crippen MR) is 80.8 cm³/mol. The van der Waals surface area contributed by atoms with Crippen LogP contribution in [0.25, 0.3) is 0 Å². The maximum absolute atomic E-state index is 13.3. The van der Waals surface area contributed by atoms with Gasteiger partial charge in [0.05, 0.1) is 11.4 Å². The van der Waals surface area contributed by atoms with Gasteiger partial charge in [-0.25, -0.2) is 4.39 Å². The minimum atomic E-state index is -0.266. The third-order valence-corrected chi connectivity index (χ3v) is 3.39. The zero-order chi connectivity index (χ0) is 15.2. The molecule has 0 amide bonds. The molecule has 0 bridgehead atoms. The lowest BCUT2D eigenvalue weighted by atomic mass is 10.1.